The second-order valence-electron chi connectivity index (χ2n) is 5.59. The third-order valence-electron chi connectivity index (χ3n) is 4.15. The molecule has 2 aromatic rings. The predicted molar refractivity (Wildman–Crippen MR) is 78.2 cm³/mol. The number of aromatic nitrogens is 2. The van der Waals surface area contributed by atoms with Gasteiger partial charge in [-0.05, 0) is 31.0 Å². The molecule has 2 heterocycles. The summed E-state index contributed by atoms with van der Waals surface area (Å²) in [6, 6.07) is 3.79. The van der Waals surface area contributed by atoms with Crippen LogP contribution in [-0.2, 0) is 4.79 Å². The fourth-order valence-electron chi connectivity index (χ4n) is 2.82. The molecule has 6 heteroatoms. The molecule has 0 unspecified atom stereocenters. The first-order chi connectivity index (χ1) is 10.5. The maximum Gasteiger partial charge on any atom is 0.219 e. The molecule has 1 fully saturated rings. The minimum Gasteiger partial charge on any atom is -0.343 e. The maximum absolute atomic E-state index is 13.3. The number of aromatic amines is 1. The first kappa shape index (κ1) is 14.7. The number of nitrogens with zero attached hydrogens (tertiary/aromatic N) is 2. The van der Waals surface area contributed by atoms with Gasteiger partial charge in [0.2, 0.25) is 5.91 Å². The summed E-state index contributed by atoms with van der Waals surface area (Å²) < 4.78 is 26.3. The second kappa shape index (κ2) is 5.87. The number of carbonyl (C=O) groups is 1. The van der Waals surface area contributed by atoms with E-state index in [2.05, 4.69) is 9.97 Å². The number of hydrogen-bond acceptors (Lipinski definition) is 2. The molecule has 1 aliphatic heterocycles. The lowest BCUT2D eigenvalue weighted by Crippen LogP contribution is -2.36. The van der Waals surface area contributed by atoms with Crippen molar-refractivity contribution in [2.45, 2.75) is 25.7 Å². The molecule has 1 saturated heterocycles. The first-order valence-corrected chi connectivity index (χ1v) is 7.30. The Labute approximate surface area is 127 Å². The van der Waals surface area contributed by atoms with E-state index in [4.69, 9.17) is 0 Å². The van der Waals surface area contributed by atoms with Crippen molar-refractivity contribution in [1.82, 2.24) is 14.9 Å². The van der Waals surface area contributed by atoms with Crippen LogP contribution < -0.4 is 0 Å². The number of imidazole rings is 1. The Morgan fingerprint density at radius 3 is 2.64 bits per heavy atom. The van der Waals surface area contributed by atoms with Crippen LogP contribution >= 0.6 is 0 Å². The molecular formula is C16H17F2N3O. The van der Waals surface area contributed by atoms with E-state index in [1.807, 2.05) is 4.90 Å². The standard InChI is InChI=1S/C16H17F2N3O/c1-10(22)21-6-4-11(5-7-21)16-19-9-15(20-16)12-2-3-13(17)14(18)8-12/h2-3,8-9,11H,4-7H2,1H3,(H,19,20). The summed E-state index contributed by atoms with van der Waals surface area (Å²) in [5, 5.41) is 0. The number of amides is 1. The van der Waals surface area contributed by atoms with Crippen LogP contribution in [0.5, 0.6) is 0 Å². The van der Waals surface area contributed by atoms with E-state index < -0.39 is 11.6 Å². The molecule has 0 aliphatic carbocycles. The van der Waals surface area contributed by atoms with Crippen molar-refractivity contribution < 1.29 is 13.6 Å². The summed E-state index contributed by atoms with van der Waals surface area (Å²) in [6.45, 7) is 3.02. The van der Waals surface area contributed by atoms with Crippen molar-refractivity contribution in [3.63, 3.8) is 0 Å². The third-order valence-corrected chi connectivity index (χ3v) is 4.15. The van der Waals surface area contributed by atoms with Crippen LogP contribution in [0.4, 0.5) is 8.78 Å². The van der Waals surface area contributed by atoms with Gasteiger partial charge in [0.05, 0.1) is 11.9 Å². The Hall–Kier alpha value is -2.24. The predicted octanol–water partition coefficient (Wildman–Crippen LogP) is 3.08. The molecule has 4 nitrogen and oxygen atoms in total. The number of rotatable bonds is 2. The SMILES string of the molecule is CC(=O)N1CCC(c2ncc(-c3ccc(F)c(F)c3)[nH]2)CC1. The van der Waals surface area contributed by atoms with Gasteiger partial charge in [0, 0.05) is 31.5 Å². The van der Waals surface area contributed by atoms with E-state index in [1.165, 1.54) is 6.07 Å². The molecule has 1 aliphatic rings. The van der Waals surface area contributed by atoms with Crippen LogP contribution in [0.1, 0.15) is 31.5 Å². The summed E-state index contributed by atoms with van der Waals surface area (Å²) in [5.41, 5.74) is 1.24. The molecule has 1 amide bonds. The fraction of sp³-hybridized carbons (Fsp3) is 0.375. The minimum atomic E-state index is -0.872. The first-order valence-electron chi connectivity index (χ1n) is 7.30. The van der Waals surface area contributed by atoms with Crippen LogP contribution in [0.3, 0.4) is 0 Å². The lowest BCUT2D eigenvalue weighted by molar-refractivity contribution is -0.129. The van der Waals surface area contributed by atoms with Crippen LogP contribution in [0.25, 0.3) is 11.3 Å². The normalized spacial score (nSPS) is 16.0. The molecule has 22 heavy (non-hydrogen) atoms. The van der Waals surface area contributed by atoms with Crippen molar-refractivity contribution in [3.05, 3.63) is 41.9 Å². The Kier molecular flexibility index (Phi) is 3.92. The lowest BCUT2D eigenvalue weighted by Gasteiger charge is -2.30. The van der Waals surface area contributed by atoms with Crippen molar-refractivity contribution >= 4 is 5.91 Å². The van der Waals surface area contributed by atoms with Crippen molar-refractivity contribution in [3.8, 4) is 11.3 Å². The number of halogens is 2. The number of nitrogens with one attached hydrogen (secondary N) is 1. The van der Waals surface area contributed by atoms with Crippen molar-refractivity contribution in [2.24, 2.45) is 0 Å². The lowest BCUT2D eigenvalue weighted by atomic mass is 9.96. The number of benzene rings is 1. The molecule has 0 saturated carbocycles. The Balaban J connectivity index is 1.74. The number of carbonyl (C=O) groups excluding carboxylic acids is 1. The average molecular weight is 305 g/mol. The van der Waals surface area contributed by atoms with Gasteiger partial charge in [0.25, 0.3) is 0 Å². The zero-order chi connectivity index (χ0) is 15.7. The summed E-state index contributed by atoms with van der Waals surface area (Å²) in [5.74, 6) is -0.540. The van der Waals surface area contributed by atoms with Crippen molar-refractivity contribution in [1.29, 1.82) is 0 Å². The van der Waals surface area contributed by atoms with Crippen LogP contribution in [-0.4, -0.2) is 33.9 Å². The third kappa shape index (κ3) is 2.86. The zero-order valence-electron chi connectivity index (χ0n) is 12.3. The van der Waals surface area contributed by atoms with Crippen LogP contribution in [0.15, 0.2) is 24.4 Å². The summed E-state index contributed by atoms with van der Waals surface area (Å²) in [4.78, 5) is 20.7. The van der Waals surface area contributed by atoms with Gasteiger partial charge in [-0.25, -0.2) is 13.8 Å². The van der Waals surface area contributed by atoms with Gasteiger partial charge >= 0.3 is 0 Å². The van der Waals surface area contributed by atoms with Crippen LogP contribution in [0.2, 0.25) is 0 Å². The van der Waals surface area contributed by atoms with E-state index in [-0.39, 0.29) is 11.8 Å². The molecule has 3 rings (SSSR count). The number of H-pyrrole nitrogens is 1. The molecule has 0 bridgehead atoms. The maximum atomic E-state index is 13.3. The molecule has 1 aromatic carbocycles. The molecular weight excluding hydrogens is 288 g/mol. The van der Waals surface area contributed by atoms with Crippen LogP contribution in [0, 0.1) is 11.6 Å². The van der Waals surface area contributed by atoms with Gasteiger partial charge in [-0.1, -0.05) is 0 Å². The highest BCUT2D eigenvalue weighted by molar-refractivity contribution is 5.73. The Bertz CT molecular complexity index is 690. The van der Waals surface area contributed by atoms with Gasteiger partial charge < -0.3 is 9.88 Å². The summed E-state index contributed by atoms with van der Waals surface area (Å²) >= 11 is 0. The largest absolute Gasteiger partial charge is 0.343 e. The van der Waals surface area contributed by atoms with Gasteiger partial charge in [-0.3, -0.25) is 4.79 Å². The zero-order valence-corrected chi connectivity index (χ0v) is 12.3. The monoisotopic (exact) mass is 305 g/mol. The van der Waals surface area contributed by atoms with E-state index in [0.29, 0.717) is 11.3 Å². The minimum absolute atomic E-state index is 0.0976. The van der Waals surface area contributed by atoms with E-state index in [9.17, 15) is 13.6 Å². The highest BCUT2D eigenvalue weighted by atomic mass is 19.2. The second-order valence-corrected chi connectivity index (χ2v) is 5.59. The number of hydrogen-bond donors (Lipinski definition) is 1. The average Bonchev–Trinajstić information content (AvgIpc) is 3.00. The van der Waals surface area contributed by atoms with Gasteiger partial charge in [-0.15, -0.1) is 0 Å². The summed E-state index contributed by atoms with van der Waals surface area (Å²) in [6.07, 6.45) is 3.34. The molecule has 0 spiro atoms. The van der Waals surface area contributed by atoms with Gasteiger partial charge in [0.1, 0.15) is 5.82 Å². The Morgan fingerprint density at radius 1 is 1.27 bits per heavy atom. The van der Waals surface area contributed by atoms with E-state index >= 15 is 0 Å². The number of likely N-dealkylation sites (tertiary alicyclic amines) is 1. The molecule has 1 N–H and O–H groups in total. The van der Waals surface area contributed by atoms with E-state index in [1.54, 1.807) is 13.1 Å². The molecule has 0 atom stereocenters. The molecule has 0 radical (unpaired) electrons. The van der Waals surface area contributed by atoms with Gasteiger partial charge in [-0.2, -0.15) is 0 Å². The summed E-state index contributed by atoms with van der Waals surface area (Å²) in [7, 11) is 0. The Morgan fingerprint density at radius 2 is 2.00 bits per heavy atom. The smallest absolute Gasteiger partial charge is 0.219 e. The number of piperidine rings is 1. The van der Waals surface area contributed by atoms with Gasteiger partial charge in [0.15, 0.2) is 11.6 Å². The molecule has 1 aromatic heterocycles. The highest BCUT2D eigenvalue weighted by Crippen LogP contribution is 2.28. The van der Waals surface area contributed by atoms with E-state index in [0.717, 1.165) is 43.9 Å². The topological polar surface area (TPSA) is 49.0 Å². The van der Waals surface area contributed by atoms with Crippen molar-refractivity contribution in [2.75, 3.05) is 13.1 Å². The fourth-order valence-corrected chi connectivity index (χ4v) is 2.82. The molecule has 116 valence electrons. The quantitative estimate of drug-likeness (QED) is 0.927. The highest BCUT2D eigenvalue weighted by Gasteiger charge is 2.24.